The number of amides is 1. The van der Waals surface area contributed by atoms with Crippen LogP contribution in [0.3, 0.4) is 0 Å². The van der Waals surface area contributed by atoms with Gasteiger partial charge in [-0.3, -0.25) is 4.79 Å². The highest BCUT2D eigenvalue weighted by Crippen LogP contribution is 2.42. The van der Waals surface area contributed by atoms with E-state index in [1.165, 1.54) is 0 Å². The van der Waals surface area contributed by atoms with Crippen molar-refractivity contribution in [2.24, 2.45) is 0 Å². The van der Waals surface area contributed by atoms with Gasteiger partial charge < -0.3 is 38.1 Å². The molecule has 4 rings (SSSR count). The van der Waals surface area contributed by atoms with E-state index in [9.17, 15) is 4.79 Å². The van der Waals surface area contributed by atoms with Gasteiger partial charge in [0.1, 0.15) is 18.1 Å². The lowest BCUT2D eigenvalue weighted by Gasteiger charge is -2.38. The average molecular weight is 566 g/mol. The van der Waals surface area contributed by atoms with E-state index >= 15 is 0 Å². The summed E-state index contributed by atoms with van der Waals surface area (Å²) < 4.78 is 40.3. The summed E-state index contributed by atoms with van der Waals surface area (Å²) in [7, 11) is 4.84. The Morgan fingerprint density at radius 1 is 0.732 bits per heavy atom. The molecule has 0 radical (unpaired) electrons. The molecule has 0 unspecified atom stereocenters. The Bertz CT molecular complexity index is 1300. The zero-order valence-electron chi connectivity index (χ0n) is 24.7. The molecule has 0 bridgehead atoms. The topological polar surface area (TPSA) is 84.9 Å². The van der Waals surface area contributed by atoms with Crippen LogP contribution in [0.5, 0.6) is 40.2 Å². The highest BCUT2D eigenvalue weighted by Gasteiger charge is 2.34. The van der Waals surface area contributed by atoms with E-state index in [2.05, 4.69) is 0 Å². The zero-order valence-corrected chi connectivity index (χ0v) is 24.7. The van der Waals surface area contributed by atoms with Gasteiger partial charge in [0, 0.05) is 12.1 Å². The van der Waals surface area contributed by atoms with Crippen molar-refractivity contribution in [2.45, 2.75) is 33.2 Å². The van der Waals surface area contributed by atoms with Gasteiger partial charge in [-0.25, -0.2) is 0 Å². The Morgan fingerprint density at radius 2 is 1.32 bits per heavy atom. The molecule has 0 fully saturated rings. The number of rotatable bonds is 13. The molecule has 9 heteroatoms. The number of carbonyl (C=O) groups is 1. The minimum atomic E-state index is -0.397. The van der Waals surface area contributed by atoms with Crippen LogP contribution in [0, 0.1) is 0 Å². The number of carbonyl (C=O) groups excluding carboxylic acids is 1. The predicted molar refractivity (Wildman–Crippen MR) is 155 cm³/mol. The summed E-state index contributed by atoms with van der Waals surface area (Å²) in [4.78, 5) is 16.1. The van der Waals surface area contributed by atoms with E-state index in [4.69, 9.17) is 33.2 Å². The fourth-order valence-electron chi connectivity index (χ4n) is 4.98. The molecule has 0 aromatic heterocycles. The molecule has 41 heavy (non-hydrogen) atoms. The fraction of sp³-hybridized carbons (Fsp3) is 0.406. The quantitative estimate of drug-likeness (QED) is 0.260. The smallest absolute Gasteiger partial charge is 0.254 e. The summed E-state index contributed by atoms with van der Waals surface area (Å²) in [6.07, 6.45) is 0.647. The van der Waals surface area contributed by atoms with E-state index in [-0.39, 0.29) is 12.5 Å². The van der Waals surface area contributed by atoms with Gasteiger partial charge in [0.05, 0.1) is 47.2 Å². The molecular formula is C32H39NO8. The summed E-state index contributed by atoms with van der Waals surface area (Å²) in [5, 5.41) is 0. The summed E-state index contributed by atoms with van der Waals surface area (Å²) in [5.74, 6) is 3.91. The lowest BCUT2D eigenvalue weighted by Crippen LogP contribution is -2.42. The molecule has 1 heterocycles. The second kappa shape index (κ2) is 13.9. The Hall–Kier alpha value is -4.27. The van der Waals surface area contributed by atoms with E-state index in [0.29, 0.717) is 72.8 Å². The predicted octanol–water partition coefficient (Wildman–Crippen LogP) is 5.73. The highest BCUT2D eigenvalue weighted by atomic mass is 16.5. The Kier molecular flexibility index (Phi) is 10.1. The monoisotopic (exact) mass is 565 g/mol. The second-order valence-corrected chi connectivity index (χ2v) is 9.26. The molecule has 3 aromatic rings. The van der Waals surface area contributed by atoms with Gasteiger partial charge in [0.15, 0.2) is 23.0 Å². The molecule has 220 valence electrons. The Morgan fingerprint density at radius 3 is 1.88 bits per heavy atom. The molecule has 1 aliphatic rings. The van der Waals surface area contributed by atoms with Crippen LogP contribution >= 0.6 is 0 Å². The van der Waals surface area contributed by atoms with Gasteiger partial charge >= 0.3 is 0 Å². The lowest BCUT2D eigenvalue weighted by atomic mass is 9.91. The molecule has 0 spiro atoms. The maximum atomic E-state index is 14.2. The molecule has 0 saturated carbocycles. The SMILES string of the molecule is CCOc1cc(C(=O)N2CCc3cc(OC)c(OC)cc3[C@@H]2COc2ccc(OC)cc2)cc(OCC)c1OCC. The number of methoxy groups -OCH3 is 3. The molecule has 3 aromatic carbocycles. The number of nitrogens with zero attached hydrogens (tertiary/aromatic N) is 1. The Labute approximate surface area is 241 Å². The molecule has 0 saturated heterocycles. The number of hydrogen-bond acceptors (Lipinski definition) is 8. The van der Waals surface area contributed by atoms with Gasteiger partial charge in [-0.1, -0.05) is 0 Å². The first-order chi connectivity index (χ1) is 20.0. The average Bonchev–Trinajstić information content (AvgIpc) is 3.00. The summed E-state index contributed by atoms with van der Waals surface area (Å²) in [6, 6.07) is 14.3. The number of ether oxygens (including phenoxy) is 7. The van der Waals surface area contributed by atoms with Crippen molar-refractivity contribution in [3.63, 3.8) is 0 Å². The van der Waals surface area contributed by atoms with Gasteiger partial charge in [-0.2, -0.15) is 0 Å². The van der Waals surface area contributed by atoms with E-state index in [0.717, 1.165) is 16.9 Å². The standard InChI is InChI=1S/C32H39NO8/c1-7-38-29-17-22(18-30(39-8-2)31(29)40-9-3)32(34)33-15-14-21-16-27(36-5)28(37-6)19-25(21)26(33)20-41-24-12-10-23(35-4)11-13-24/h10-13,16-19,26H,7-9,14-15,20H2,1-6H3/t26-/m0/s1. The molecule has 1 amide bonds. The first kappa shape index (κ1) is 29.7. The summed E-state index contributed by atoms with van der Waals surface area (Å²) >= 11 is 0. The minimum absolute atomic E-state index is 0.168. The third-order valence-electron chi connectivity index (χ3n) is 6.89. The van der Waals surface area contributed by atoms with Crippen LogP contribution in [-0.2, 0) is 6.42 Å². The normalized spacial score (nSPS) is 14.1. The van der Waals surface area contributed by atoms with Crippen LogP contribution in [0.1, 0.15) is 48.3 Å². The minimum Gasteiger partial charge on any atom is -0.497 e. The van der Waals surface area contributed by atoms with E-state index in [1.807, 2.05) is 62.1 Å². The number of benzene rings is 3. The first-order valence-electron chi connectivity index (χ1n) is 13.9. The van der Waals surface area contributed by atoms with Crippen molar-refractivity contribution in [1.82, 2.24) is 4.90 Å². The van der Waals surface area contributed by atoms with Crippen LogP contribution in [0.15, 0.2) is 48.5 Å². The molecule has 1 atom stereocenters. The van der Waals surface area contributed by atoms with Crippen molar-refractivity contribution in [3.05, 3.63) is 65.2 Å². The van der Waals surface area contributed by atoms with E-state index < -0.39 is 6.04 Å². The van der Waals surface area contributed by atoms with Gasteiger partial charge in [-0.15, -0.1) is 0 Å². The Balaban J connectivity index is 1.74. The number of hydrogen-bond donors (Lipinski definition) is 0. The van der Waals surface area contributed by atoms with Gasteiger partial charge in [0.25, 0.3) is 5.91 Å². The highest BCUT2D eigenvalue weighted by molar-refractivity contribution is 5.96. The molecule has 0 aliphatic carbocycles. The summed E-state index contributed by atoms with van der Waals surface area (Å²) in [5.41, 5.74) is 2.46. The van der Waals surface area contributed by atoms with Crippen LogP contribution in [-0.4, -0.2) is 65.1 Å². The van der Waals surface area contributed by atoms with Crippen molar-refractivity contribution in [1.29, 1.82) is 0 Å². The van der Waals surface area contributed by atoms with Gasteiger partial charge in [0.2, 0.25) is 5.75 Å². The molecule has 1 aliphatic heterocycles. The molecule has 9 nitrogen and oxygen atoms in total. The van der Waals surface area contributed by atoms with E-state index in [1.54, 1.807) is 33.5 Å². The van der Waals surface area contributed by atoms with Crippen molar-refractivity contribution < 1.29 is 38.0 Å². The molecule has 0 N–H and O–H groups in total. The largest absolute Gasteiger partial charge is 0.497 e. The summed E-state index contributed by atoms with van der Waals surface area (Å²) in [6.45, 7) is 7.66. The zero-order chi connectivity index (χ0) is 29.4. The third kappa shape index (κ3) is 6.56. The fourth-order valence-corrected chi connectivity index (χ4v) is 4.98. The van der Waals surface area contributed by atoms with Gasteiger partial charge in [-0.05, 0) is 86.8 Å². The first-order valence-corrected chi connectivity index (χ1v) is 13.9. The van der Waals surface area contributed by atoms with Crippen LogP contribution in [0.25, 0.3) is 0 Å². The van der Waals surface area contributed by atoms with Crippen LogP contribution < -0.4 is 33.2 Å². The van der Waals surface area contributed by atoms with Crippen LogP contribution in [0.2, 0.25) is 0 Å². The maximum Gasteiger partial charge on any atom is 0.254 e. The molecular weight excluding hydrogens is 526 g/mol. The second-order valence-electron chi connectivity index (χ2n) is 9.26. The third-order valence-corrected chi connectivity index (χ3v) is 6.89. The van der Waals surface area contributed by atoms with Crippen molar-refractivity contribution >= 4 is 5.91 Å². The van der Waals surface area contributed by atoms with Crippen molar-refractivity contribution in [2.75, 3.05) is 54.3 Å². The maximum absolute atomic E-state index is 14.2. The van der Waals surface area contributed by atoms with Crippen LogP contribution in [0.4, 0.5) is 0 Å². The lowest BCUT2D eigenvalue weighted by molar-refractivity contribution is 0.0588. The van der Waals surface area contributed by atoms with Crippen molar-refractivity contribution in [3.8, 4) is 40.2 Å². The number of fused-ring (bicyclic) bond motifs is 1.